The number of alkyl carbamates (subject to hydrolysis) is 1. The molecule has 2 aromatic rings. The molecule has 0 aliphatic rings. The van der Waals surface area contributed by atoms with E-state index in [1.165, 1.54) is 0 Å². The minimum absolute atomic E-state index is 0.190. The van der Waals surface area contributed by atoms with Crippen molar-refractivity contribution in [1.82, 2.24) is 15.5 Å². The van der Waals surface area contributed by atoms with Gasteiger partial charge >= 0.3 is 6.09 Å². The highest BCUT2D eigenvalue weighted by atomic mass is 16.6. The van der Waals surface area contributed by atoms with Crippen molar-refractivity contribution < 1.29 is 19.1 Å². The summed E-state index contributed by atoms with van der Waals surface area (Å²) in [7, 11) is 0. The zero-order chi connectivity index (χ0) is 31.1. The summed E-state index contributed by atoms with van der Waals surface area (Å²) in [6.07, 6.45) is 10.5. The average molecular weight is 576 g/mol. The second-order valence-corrected chi connectivity index (χ2v) is 11.8. The summed E-state index contributed by atoms with van der Waals surface area (Å²) in [6.45, 7) is 12.1. The maximum atomic E-state index is 14.4. The molecule has 2 aromatic carbocycles. The number of nitrogens with zero attached hydrogens (tertiary/aromatic N) is 1. The van der Waals surface area contributed by atoms with Gasteiger partial charge in [-0.3, -0.25) is 9.59 Å². The maximum absolute atomic E-state index is 14.4. The Kier molecular flexibility index (Phi) is 14.1. The predicted molar refractivity (Wildman–Crippen MR) is 168 cm³/mol. The number of nitrogens with one attached hydrogen (secondary N) is 2. The van der Waals surface area contributed by atoms with Crippen molar-refractivity contribution in [3.8, 4) is 12.3 Å². The van der Waals surface area contributed by atoms with Crippen LogP contribution in [0.15, 0.2) is 54.6 Å². The molecule has 7 heteroatoms. The average Bonchev–Trinajstić information content (AvgIpc) is 2.97. The number of rotatable bonds is 15. The molecule has 0 aliphatic heterocycles. The highest BCUT2D eigenvalue weighted by molar-refractivity contribution is 5.92. The number of hydrogen-bond acceptors (Lipinski definition) is 4. The first-order valence-electron chi connectivity index (χ1n) is 15.2. The van der Waals surface area contributed by atoms with Crippen LogP contribution in [0.4, 0.5) is 4.79 Å². The minimum Gasteiger partial charge on any atom is -0.444 e. The van der Waals surface area contributed by atoms with Crippen LogP contribution in [0.1, 0.15) is 103 Å². The standard InChI is InChI=1S/C35H49N3O4/c1-8-11-12-13-17-24-38(33(40)30(26(4)9-2)37-34(41)42-35(5,6)7)31(29-22-20-27(10-3)21-23-29)32(39)36-25-28-18-15-14-16-19-28/h3,14-16,18-23,26,30-31H,8-9,11-13,17,24-25H2,1-2,4-7H3,(H,36,39)(H,37,41). The molecule has 0 heterocycles. The van der Waals surface area contributed by atoms with Gasteiger partial charge in [-0.15, -0.1) is 6.42 Å². The lowest BCUT2D eigenvalue weighted by Crippen LogP contribution is -2.55. The van der Waals surface area contributed by atoms with Crippen LogP contribution in [-0.2, 0) is 20.9 Å². The van der Waals surface area contributed by atoms with E-state index in [2.05, 4.69) is 23.5 Å². The third-order valence-corrected chi connectivity index (χ3v) is 7.20. The third-order valence-electron chi connectivity index (χ3n) is 7.20. The Morgan fingerprint density at radius 3 is 2.17 bits per heavy atom. The van der Waals surface area contributed by atoms with Gasteiger partial charge in [-0.2, -0.15) is 0 Å². The van der Waals surface area contributed by atoms with Crippen LogP contribution in [-0.4, -0.2) is 41.0 Å². The Morgan fingerprint density at radius 1 is 0.952 bits per heavy atom. The van der Waals surface area contributed by atoms with Gasteiger partial charge in [-0.05, 0) is 56.4 Å². The van der Waals surface area contributed by atoms with E-state index in [0.717, 1.165) is 37.7 Å². The summed E-state index contributed by atoms with van der Waals surface area (Å²) in [5.41, 5.74) is 1.57. The fourth-order valence-corrected chi connectivity index (χ4v) is 4.66. The first-order chi connectivity index (χ1) is 20.0. The number of benzene rings is 2. The van der Waals surface area contributed by atoms with Gasteiger partial charge in [0.1, 0.15) is 17.7 Å². The Morgan fingerprint density at radius 2 is 1.60 bits per heavy atom. The molecule has 0 saturated carbocycles. The van der Waals surface area contributed by atoms with Crippen molar-refractivity contribution >= 4 is 17.9 Å². The fraction of sp³-hybridized carbons (Fsp3) is 0.514. The normalized spacial score (nSPS) is 13.3. The number of unbranched alkanes of at least 4 members (excludes halogenated alkanes) is 4. The summed E-state index contributed by atoms with van der Waals surface area (Å²) in [4.78, 5) is 42.9. The zero-order valence-corrected chi connectivity index (χ0v) is 26.2. The molecule has 228 valence electrons. The molecule has 2 rings (SSSR count). The second-order valence-electron chi connectivity index (χ2n) is 11.8. The molecular formula is C35H49N3O4. The van der Waals surface area contributed by atoms with Crippen LogP contribution in [0, 0.1) is 18.3 Å². The largest absolute Gasteiger partial charge is 0.444 e. The summed E-state index contributed by atoms with van der Waals surface area (Å²) >= 11 is 0. The van der Waals surface area contributed by atoms with Crippen molar-refractivity contribution in [2.75, 3.05) is 6.54 Å². The van der Waals surface area contributed by atoms with E-state index < -0.39 is 23.8 Å². The lowest BCUT2D eigenvalue weighted by atomic mass is 9.95. The molecule has 3 atom stereocenters. The van der Waals surface area contributed by atoms with Gasteiger partial charge in [0.05, 0.1) is 0 Å². The molecule has 2 N–H and O–H groups in total. The molecular weight excluding hydrogens is 526 g/mol. The molecule has 0 aromatic heterocycles. The zero-order valence-electron chi connectivity index (χ0n) is 26.2. The van der Waals surface area contributed by atoms with Crippen LogP contribution in [0.3, 0.4) is 0 Å². The van der Waals surface area contributed by atoms with E-state index in [0.29, 0.717) is 30.6 Å². The maximum Gasteiger partial charge on any atom is 0.408 e. The Labute approximate surface area is 252 Å². The van der Waals surface area contributed by atoms with Crippen LogP contribution < -0.4 is 10.6 Å². The van der Waals surface area contributed by atoms with E-state index in [1.807, 2.05) is 44.2 Å². The van der Waals surface area contributed by atoms with Crippen molar-refractivity contribution in [1.29, 1.82) is 0 Å². The van der Waals surface area contributed by atoms with E-state index in [-0.39, 0.29) is 17.7 Å². The van der Waals surface area contributed by atoms with Crippen molar-refractivity contribution in [3.63, 3.8) is 0 Å². The van der Waals surface area contributed by atoms with Crippen LogP contribution >= 0.6 is 0 Å². The summed E-state index contributed by atoms with van der Waals surface area (Å²) in [5.74, 6) is 1.81. The lowest BCUT2D eigenvalue weighted by Gasteiger charge is -2.36. The summed E-state index contributed by atoms with van der Waals surface area (Å²) < 4.78 is 5.51. The third kappa shape index (κ3) is 11.2. The number of terminal acetylenes is 1. The van der Waals surface area contributed by atoms with Crippen molar-refractivity contribution in [2.45, 2.75) is 104 Å². The van der Waals surface area contributed by atoms with Gasteiger partial charge in [0.15, 0.2) is 0 Å². The Bertz CT molecular complexity index is 1170. The van der Waals surface area contributed by atoms with Crippen LogP contribution in [0.25, 0.3) is 0 Å². The Balaban J connectivity index is 2.50. The molecule has 3 unspecified atom stereocenters. The molecule has 0 bridgehead atoms. The number of hydrogen-bond donors (Lipinski definition) is 2. The molecule has 0 radical (unpaired) electrons. The van der Waals surface area contributed by atoms with Crippen LogP contribution in [0.2, 0.25) is 0 Å². The quantitative estimate of drug-likeness (QED) is 0.181. The second kappa shape index (κ2) is 17.2. The van der Waals surface area contributed by atoms with Gasteiger partial charge in [-0.1, -0.05) is 101 Å². The number of carbonyl (C=O) groups is 3. The van der Waals surface area contributed by atoms with Crippen molar-refractivity contribution in [2.24, 2.45) is 5.92 Å². The lowest BCUT2D eigenvalue weighted by molar-refractivity contribution is -0.143. The number of amides is 3. The molecule has 0 spiro atoms. The monoisotopic (exact) mass is 575 g/mol. The summed E-state index contributed by atoms with van der Waals surface area (Å²) in [5, 5.41) is 5.87. The molecule has 3 amide bonds. The smallest absolute Gasteiger partial charge is 0.408 e. The first kappa shape index (κ1) is 34.4. The van der Waals surface area contributed by atoms with E-state index >= 15 is 0 Å². The van der Waals surface area contributed by atoms with E-state index in [1.54, 1.807) is 49.9 Å². The predicted octanol–water partition coefficient (Wildman–Crippen LogP) is 6.76. The number of carbonyl (C=O) groups excluding carboxylic acids is 3. The van der Waals surface area contributed by atoms with Gasteiger partial charge in [0.2, 0.25) is 11.8 Å². The van der Waals surface area contributed by atoms with Gasteiger partial charge in [0, 0.05) is 18.7 Å². The van der Waals surface area contributed by atoms with Gasteiger partial charge < -0.3 is 20.3 Å². The Hall–Kier alpha value is -3.79. The van der Waals surface area contributed by atoms with E-state index in [4.69, 9.17) is 11.2 Å². The molecule has 42 heavy (non-hydrogen) atoms. The minimum atomic E-state index is -0.911. The van der Waals surface area contributed by atoms with Gasteiger partial charge in [0.25, 0.3) is 0 Å². The van der Waals surface area contributed by atoms with E-state index in [9.17, 15) is 14.4 Å². The molecule has 7 nitrogen and oxygen atoms in total. The fourth-order valence-electron chi connectivity index (χ4n) is 4.66. The summed E-state index contributed by atoms with van der Waals surface area (Å²) in [6, 6.07) is 15.0. The highest BCUT2D eigenvalue weighted by Gasteiger charge is 2.37. The topological polar surface area (TPSA) is 87.7 Å². The SMILES string of the molecule is C#Cc1ccc(C(C(=O)NCc2ccccc2)N(CCCCCCC)C(=O)C(NC(=O)OC(C)(C)C)C(C)CC)cc1. The number of ether oxygens (including phenoxy) is 1. The molecule has 0 fully saturated rings. The highest BCUT2D eigenvalue weighted by Crippen LogP contribution is 2.26. The van der Waals surface area contributed by atoms with Crippen LogP contribution in [0.5, 0.6) is 0 Å². The molecule has 0 aliphatic carbocycles. The van der Waals surface area contributed by atoms with Crippen molar-refractivity contribution in [3.05, 3.63) is 71.3 Å². The first-order valence-corrected chi connectivity index (χ1v) is 15.2. The van der Waals surface area contributed by atoms with Gasteiger partial charge in [-0.25, -0.2) is 4.79 Å². The molecule has 0 saturated heterocycles.